The van der Waals surface area contributed by atoms with Crippen molar-refractivity contribution in [2.24, 2.45) is 11.8 Å². The maximum absolute atomic E-state index is 2.48. The highest BCUT2D eigenvalue weighted by atomic mass is 14.1. The Morgan fingerprint density at radius 2 is 1.58 bits per heavy atom. The van der Waals surface area contributed by atoms with E-state index in [9.17, 15) is 0 Å². The first kappa shape index (κ1) is 21.0. The maximum atomic E-state index is 2.48. The molecule has 1 aromatic carbocycles. The van der Waals surface area contributed by atoms with Crippen LogP contribution in [0.5, 0.6) is 0 Å². The van der Waals surface area contributed by atoms with Gasteiger partial charge in [-0.25, -0.2) is 0 Å². The summed E-state index contributed by atoms with van der Waals surface area (Å²) in [6.07, 6.45) is 15.9. The summed E-state index contributed by atoms with van der Waals surface area (Å²) in [4.78, 5) is 0. The molecule has 0 spiro atoms. The van der Waals surface area contributed by atoms with Crippen molar-refractivity contribution in [3.8, 4) is 0 Å². The average molecular weight is 329 g/mol. The molecule has 1 rings (SSSR count). The van der Waals surface area contributed by atoms with Gasteiger partial charge < -0.3 is 0 Å². The van der Waals surface area contributed by atoms with Gasteiger partial charge in [-0.15, -0.1) is 0 Å². The van der Waals surface area contributed by atoms with Crippen LogP contribution < -0.4 is 0 Å². The molecule has 0 radical (unpaired) electrons. The van der Waals surface area contributed by atoms with E-state index in [0.717, 1.165) is 11.8 Å². The molecule has 0 amide bonds. The lowest BCUT2D eigenvalue weighted by molar-refractivity contribution is 0.427. The number of aryl methyl sites for hydroxylation is 1. The summed E-state index contributed by atoms with van der Waals surface area (Å²) in [5.41, 5.74) is 3.08. The first-order valence-corrected chi connectivity index (χ1v) is 10.3. The van der Waals surface area contributed by atoms with E-state index in [1.807, 2.05) is 0 Å². The van der Waals surface area contributed by atoms with Gasteiger partial charge in [0.05, 0.1) is 0 Å². The lowest BCUT2D eigenvalue weighted by Crippen LogP contribution is -1.97. The van der Waals surface area contributed by atoms with E-state index in [4.69, 9.17) is 0 Å². The van der Waals surface area contributed by atoms with Crippen molar-refractivity contribution in [3.05, 3.63) is 47.5 Å². The highest BCUT2D eigenvalue weighted by Gasteiger charge is 2.03. The van der Waals surface area contributed by atoms with Crippen LogP contribution in [0.2, 0.25) is 0 Å². The molecule has 0 N–H and O–H groups in total. The lowest BCUT2D eigenvalue weighted by atomic mass is 9.94. The Bertz CT molecular complexity index is 427. The molecule has 0 nitrogen and oxygen atoms in total. The molecule has 1 unspecified atom stereocenters. The molecule has 1 atom stereocenters. The Kier molecular flexibility index (Phi) is 11.6. The third-order valence-corrected chi connectivity index (χ3v) is 5.00. The maximum Gasteiger partial charge on any atom is -0.0279 e. The minimum absolute atomic E-state index is 0.865. The minimum atomic E-state index is 0.865. The van der Waals surface area contributed by atoms with E-state index in [1.165, 1.54) is 69.8 Å². The van der Waals surface area contributed by atoms with Crippen molar-refractivity contribution in [1.82, 2.24) is 0 Å². The zero-order chi connectivity index (χ0) is 17.6. The summed E-state index contributed by atoms with van der Waals surface area (Å²) in [6.45, 7) is 9.42. The van der Waals surface area contributed by atoms with Crippen LogP contribution in [0.15, 0.2) is 42.0 Å². The van der Waals surface area contributed by atoms with E-state index in [-0.39, 0.29) is 0 Å². The summed E-state index contributed by atoms with van der Waals surface area (Å²) in [5.74, 6) is 1.77. The normalized spacial score (nSPS) is 13.5. The van der Waals surface area contributed by atoms with Crippen molar-refractivity contribution in [3.63, 3.8) is 0 Å². The number of benzene rings is 1. The number of allylic oxidation sites excluding steroid dienone is 2. The molecule has 0 fully saturated rings. The fourth-order valence-electron chi connectivity index (χ4n) is 3.32. The van der Waals surface area contributed by atoms with E-state index < -0.39 is 0 Å². The zero-order valence-corrected chi connectivity index (χ0v) is 16.7. The molecule has 0 aliphatic carbocycles. The third-order valence-electron chi connectivity index (χ3n) is 5.00. The zero-order valence-electron chi connectivity index (χ0n) is 16.7. The molecule has 0 aliphatic rings. The molecule has 0 aromatic heterocycles. The van der Waals surface area contributed by atoms with Gasteiger partial charge in [0.1, 0.15) is 0 Å². The van der Waals surface area contributed by atoms with Crippen molar-refractivity contribution in [2.45, 2.75) is 91.9 Å². The van der Waals surface area contributed by atoms with Crippen LogP contribution in [-0.4, -0.2) is 0 Å². The smallest absolute Gasteiger partial charge is 0.0279 e. The predicted octanol–water partition coefficient (Wildman–Crippen LogP) is 7.98. The van der Waals surface area contributed by atoms with E-state index in [1.54, 1.807) is 5.57 Å². The predicted molar refractivity (Wildman–Crippen MR) is 109 cm³/mol. The molecule has 24 heavy (non-hydrogen) atoms. The van der Waals surface area contributed by atoms with Gasteiger partial charge in [0.15, 0.2) is 0 Å². The van der Waals surface area contributed by atoms with Crippen LogP contribution in [0.25, 0.3) is 0 Å². The Morgan fingerprint density at radius 3 is 2.29 bits per heavy atom. The van der Waals surface area contributed by atoms with E-state index in [0.29, 0.717) is 0 Å². The van der Waals surface area contributed by atoms with Crippen LogP contribution in [0, 0.1) is 11.8 Å². The molecule has 136 valence electrons. The van der Waals surface area contributed by atoms with Gasteiger partial charge in [-0.1, -0.05) is 88.4 Å². The SMILES string of the molecule is CC(=CCCCCc1ccccc1)CCCC(C)CCCC(C)C. The number of unbranched alkanes of at least 4 members (excludes halogenated alkanes) is 2. The monoisotopic (exact) mass is 328 g/mol. The molecule has 0 saturated carbocycles. The van der Waals surface area contributed by atoms with Crippen LogP contribution in [-0.2, 0) is 6.42 Å². The second kappa shape index (κ2) is 13.3. The molecular weight excluding hydrogens is 288 g/mol. The van der Waals surface area contributed by atoms with Crippen molar-refractivity contribution in [2.75, 3.05) is 0 Å². The van der Waals surface area contributed by atoms with Crippen molar-refractivity contribution < 1.29 is 0 Å². The molecular formula is C24H40. The highest BCUT2D eigenvalue weighted by Crippen LogP contribution is 2.19. The summed E-state index contributed by atoms with van der Waals surface area (Å²) in [6, 6.07) is 10.9. The fraction of sp³-hybridized carbons (Fsp3) is 0.667. The molecule has 0 bridgehead atoms. The lowest BCUT2D eigenvalue weighted by Gasteiger charge is -2.12. The summed E-state index contributed by atoms with van der Waals surface area (Å²) < 4.78 is 0. The summed E-state index contributed by atoms with van der Waals surface area (Å²) in [5, 5.41) is 0. The molecule has 0 saturated heterocycles. The van der Waals surface area contributed by atoms with Crippen LogP contribution in [0.4, 0.5) is 0 Å². The highest BCUT2D eigenvalue weighted by molar-refractivity contribution is 5.14. The van der Waals surface area contributed by atoms with Crippen LogP contribution in [0.1, 0.15) is 91.0 Å². The van der Waals surface area contributed by atoms with Crippen LogP contribution >= 0.6 is 0 Å². The summed E-state index contributed by atoms with van der Waals surface area (Å²) >= 11 is 0. The average Bonchev–Trinajstić information content (AvgIpc) is 2.55. The third kappa shape index (κ3) is 11.5. The Labute approximate surface area is 151 Å². The van der Waals surface area contributed by atoms with Crippen molar-refractivity contribution in [1.29, 1.82) is 0 Å². The Balaban J connectivity index is 2.01. The number of hydrogen-bond acceptors (Lipinski definition) is 0. The first-order chi connectivity index (χ1) is 11.6. The van der Waals surface area contributed by atoms with Crippen LogP contribution in [0.3, 0.4) is 0 Å². The quantitative estimate of drug-likeness (QED) is 0.254. The Hall–Kier alpha value is -1.04. The second-order valence-electron chi connectivity index (χ2n) is 8.10. The van der Waals surface area contributed by atoms with Crippen molar-refractivity contribution >= 4 is 0 Å². The number of rotatable bonds is 13. The number of hydrogen-bond donors (Lipinski definition) is 0. The van der Waals surface area contributed by atoms with Gasteiger partial charge in [0.2, 0.25) is 0 Å². The molecule has 0 heterocycles. The van der Waals surface area contributed by atoms with Gasteiger partial charge >= 0.3 is 0 Å². The topological polar surface area (TPSA) is 0 Å². The Morgan fingerprint density at radius 1 is 0.875 bits per heavy atom. The first-order valence-electron chi connectivity index (χ1n) is 10.3. The van der Waals surface area contributed by atoms with Gasteiger partial charge in [-0.2, -0.15) is 0 Å². The second-order valence-corrected chi connectivity index (χ2v) is 8.10. The van der Waals surface area contributed by atoms with Gasteiger partial charge in [-0.05, 0) is 62.8 Å². The van der Waals surface area contributed by atoms with Gasteiger partial charge in [0.25, 0.3) is 0 Å². The van der Waals surface area contributed by atoms with E-state index in [2.05, 4.69) is 64.1 Å². The molecule has 0 heteroatoms. The van der Waals surface area contributed by atoms with Gasteiger partial charge in [-0.3, -0.25) is 0 Å². The van der Waals surface area contributed by atoms with Gasteiger partial charge in [0, 0.05) is 0 Å². The van der Waals surface area contributed by atoms with E-state index >= 15 is 0 Å². The molecule has 1 aromatic rings. The minimum Gasteiger partial charge on any atom is -0.0856 e. The molecule has 0 aliphatic heterocycles. The summed E-state index contributed by atoms with van der Waals surface area (Å²) in [7, 11) is 0. The fourth-order valence-corrected chi connectivity index (χ4v) is 3.32. The standard InChI is InChI=1S/C24H40/c1-21(2)13-11-15-23(4)17-12-16-22(3)14-7-5-8-18-24-19-9-6-10-20-24/h6,9-10,14,19-21,23H,5,7-8,11-13,15-18H2,1-4H3. The largest absolute Gasteiger partial charge is 0.0856 e.